The van der Waals surface area contributed by atoms with Gasteiger partial charge >= 0.3 is 5.97 Å². The van der Waals surface area contributed by atoms with E-state index < -0.39 is 17.7 Å². The van der Waals surface area contributed by atoms with Crippen LogP contribution in [0.3, 0.4) is 0 Å². The summed E-state index contributed by atoms with van der Waals surface area (Å²) in [5.41, 5.74) is 5.16. The number of aliphatic carboxylic acids is 1. The Hall–Kier alpha value is -2.96. The molecule has 8 aliphatic rings. The molecule has 8 heteroatoms. The van der Waals surface area contributed by atoms with Crippen molar-refractivity contribution in [1.29, 1.82) is 0 Å². The van der Waals surface area contributed by atoms with Crippen LogP contribution in [-0.2, 0) is 14.3 Å². The fourth-order valence-electron chi connectivity index (χ4n) is 16.6. The molecule has 0 amide bonds. The molecule has 62 heavy (non-hydrogen) atoms. The van der Waals surface area contributed by atoms with Crippen molar-refractivity contribution in [3.05, 3.63) is 52.6 Å². The molecule has 0 radical (unpaired) electrons. The van der Waals surface area contributed by atoms with Crippen molar-refractivity contribution in [1.82, 2.24) is 0 Å². The maximum Gasteiger partial charge on any atom is 0.303 e. The van der Waals surface area contributed by atoms with Crippen molar-refractivity contribution in [3.8, 4) is 11.8 Å². The number of carboxylic acid groups (broad SMARTS) is 1. The van der Waals surface area contributed by atoms with Crippen LogP contribution >= 0.6 is 0 Å². The molecular formula is C54H75NO7. The van der Waals surface area contributed by atoms with Crippen LogP contribution in [0.25, 0.3) is 0 Å². The Morgan fingerprint density at radius 3 is 2.47 bits per heavy atom. The molecule has 6 fully saturated rings. The number of carbonyl (C=O) groups excluding carboxylic acids is 1. The van der Waals surface area contributed by atoms with Gasteiger partial charge in [0.2, 0.25) is 0 Å². The Bertz CT molecular complexity index is 2030. The summed E-state index contributed by atoms with van der Waals surface area (Å²) >= 11 is 0. The molecule has 0 spiro atoms. The Morgan fingerprint density at radius 2 is 1.73 bits per heavy atom. The van der Waals surface area contributed by atoms with Crippen LogP contribution in [-0.4, -0.2) is 76.3 Å². The molecule has 0 heterocycles. The van der Waals surface area contributed by atoms with Crippen molar-refractivity contribution in [2.75, 3.05) is 25.1 Å². The second-order valence-corrected chi connectivity index (χ2v) is 22.6. The molecule has 0 bridgehead atoms. The maximum absolute atomic E-state index is 12.5. The van der Waals surface area contributed by atoms with Gasteiger partial charge in [0.25, 0.3) is 0 Å². The minimum atomic E-state index is -0.985. The lowest BCUT2D eigenvalue weighted by Gasteiger charge is -2.63. The van der Waals surface area contributed by atoms with E-state index in [-0.39, 0.29) is 76.2 Å². The summed E-state index contributed by atoms with van der Waals surface area (Å²) in [7, 11) is 2.14. The first-order valence-electron chi connectivity index (χ1n) is 24.7. The van der Waals surface area contributed by atoms with Crippen molar-refractivity contribution in [2.45, 2.75) is 167 Å². The SMILES string of the molecule is CC#C[C@@]1(O)CCC2C3CCC4=CC(=O)CCC4=C3[C@H](c3ccc(N(C)CCO[C@H]4CC[C@@]5(C)[C@@H](C4)C[C@@H](O)[C@@H]4[C@@H]5C[C@H](O)[C@]5(C)[C@@H]([C@H](C)CCC(=O)O)CC[C@@H]45)cc3)C[C@@]21C. The molecule has 1 aromatic carbocycles. The van der Waals surface area contributed by atoms with Crippen LogP contribution in [0.15, 0.2) is 47.1 Å². The van der Waals surface area contributed by atoms with Gasteiger partial charge in [0.15, 0.2) is 5.78 Å². The molecule has 9 rings (SSSR count). The first kappa shape index (κ1) is 44.3. The molecule has 2 unspecified atom stereocenters. The van der Waals surface area contributed by atoms with Gasteiger partial charge in [0.1, 0.15) is 5.60 Å². The molecular weight excluding hydrogens is 775 g/mol. The van der Waals surface area contributed by atoms with Crippen molar-refractivity contribution < 1.29 is 34.8 Å². The number of hydrogen-bond donors (Lipinski definition) is 4. The molecule has 8 nitrogen and oxygen atoms in total. The molecule has 0 saturated heterocycles. The van der Waals surface area contributed by atoms with Crippen LogP contribution < -0.4 is 4.90 Å². The molecule has 338 valence electrons. The van der Waals surface area contributed by atoms with E-state index in [2.05, 4.69) is 75.7 Å². The molecule has 6 saturated carbocycles. The third-order valence-electron chi connectivity index (χ3n) is 20.0. The van der Waals surface area contributed by atoms with E-state index in [9.17, 15) is 30.0 Å². The van der Waals surface area contributed by atoms with Gasteiger partial charge in [-0.15, -0.1) is 5.92 Å². The molecule has 16 atom stereocenters. The second kappa shape index (κ2) is 16.5. The molecule has 8 aliphatic carbocycles. The summed E-state index contributed by atoms with van der Waals surface area (Å²) in [6.45, 7) is 12.4. The summed E-state index contributed by atoms with van der Waals surface area (Å²) in [5, 5.41) is 45.4. The number of carboxylic acids is 1. The van der Waals surface area contributed by atoms with Gasteiger partial charge in [-0.25, -0.2) is 0 Å². The largest absolute Gasteiger partial charge is 0.481 e. The van der Waals surface area contributed by atoms with E-state index in [1.165, 1.54) is 22.3 Å². The number of aliphatic hydroxyl groups is 3. The number of ketones is 1. The summed E-state index contributed by atoms with van der Waals surface area (Å²) < 4.78 is 6.67. The lowest BCUT2D eigenvalue weighted by atomic mass is 9.43. The molecule has 1 aromatic rings. The van der Waals surface area contributed by atoms with Gasteiger partial charge in [-0.1, -0.05) is 51.3 Å². The number of fused-ring (bicyclic) bond motifs is 9. The highest BCUT2D eigenvalue weighted by molar-refractivity contribution is 5.93. The van der Waals surface area contributed by atoms with Crippen LogP contribution in [0.4, 0.5) is 5.69 Å². The summed E-state index contributed by atoms with van der Waals surface area (Å²) in [6.07, 6.45) is 14.6. The predicted molar refractivity (Wildman–Crippen MR) is 242 cm³/mol. The highest BCUT2D eigenvalue weighted by Crippen LogP contribution is 2.69. The smallest absolute Gasteiger partial charge is 0.303 e. The van der Waals surface area contributed by atoms with E-state index in [0.717, 1.165) is 95.7 Å². The minimum absolute atomic E-state index is 0.0643. The molecule has 0 aliphatic heterocycles. The monoisotopic (exact) mass is 850 g/mol. The number of carbonyl (C=O) groups is 2. The lowest BCUT2D eigenvalue weighted by Crippen LogP contribution is -2.62. The minimum Gasteiger partial charge on any atom is -0.481 e. The lowest BCUT2D eigenvalue weighted by molar-refractivity contribution is -0.209. The zero-order valence-electron chi connectivity index (χ0n) is 38.5. The number of rotatable bonds is 10. The second-order valence-electron chi connectivity index (χ2n) is 22.6. The predicted octanol–water partition coefficient (Wildman–Crippen LogP) is 9.26. The van der Waals surface area contributed by atoms with E-state index in [1.54, 1.807) is 0 Å². The maximum atomic E-state index is 12.5. The van der Waals surface area contributed by atoms with Gasteiger partial charge in [-0.05, 0) is 190 Å². The number of ether oxygens (including phenoxy) is 1. The van der Waals surface area contributed by atoms with Gasteiger partial charge in [0.05, 0.1) is 24.9 Å². The van der Waals surface area contributed by atoms with Crippen molar-refractivity contribution in [3.63, 3.8) is 0 Å². The first-order chi connectivity index (χ1) is 29.5. The Balaban J connectivity index is 0.842. The van der Waals surface area contributed by atoms with Gasteiger partial charge in [-0.3, -0.25) is 9.59 Å². The topological polar surface area (TPSA) is 128 Å². The highest BCUT2D eigenvalue weighted by Gasteiger charge is 2.66. The molecule has 0 aromatic heterocycles. The Labute approximate surface area is 371 Å². The molecule has 4 N–H and O–H groups in total. The van der Waals surface area contributed by atoms with Gasteiger partial charge in [-0.2, -0.15) is 0 Å². The summed E-state index contributed by atoms with van der Waals surface area (Å²) in [6, 6.07) is 9.10. The summed E-state index contributed by atoms with van der Waals surface area (Å²) in [5.74, 6) is 8.46. The highest BCUT2D eigenvalue weighted by atomic mass is 16.5. The normalized spacial score (nSPS) is 43.7. The quantitative estimate of drug-likeness (QED) is 0.172. The zero-order chi connectivity index (χ0) is 43.9. The number of anilines is 1. The number of nitrogens with zero attached hydrogens (tertiary/aromatic N) is 1. The van der Waals surface area contributed by atoms with Crippen molar-refractivity contribution in [2.24, 2.45) is 63.6 Å². The summed E-state index contributed by atoms with van der Waals surface area (Å²) in [4.78, 5) is 26.2. The third kappa shape index (κ3) is 7.08. The van der Waals surface area contributed by atoms with Gasteiger partial charge < -0.3 is 30.1 Å². The number of likely N-dealkylation sites (N-methyl/N-ethyl adjacent to an activating group) is 1. The van der Waals surface area contributed by atoms with E-state index in [1.807, 2.05) is 13.0 Å². The Morgan fingerprint density at radius 1 is 0.952 bits per heavy atom. The van der Waals surface area contributed by atoms with Crippen molar-refractivity contribution >= 4 is 17.4 Å². The van der Waals surface area contributed by atoms with Crippen LogP contribution in [0, 0.1) is 75.4 Å². The van der Waals surface area contributed by atoms with Gasteiger partial charge in [0, 0.05) is 43.5 Å². The van der Waals surface area contributed by atoms with E-state index in [0.29, 0.717) is 37.2 Å². The number of hydrogen-bond acceptors (Lipinski definition) is 7. The van der Waals surface area contributed by atoms with E-state index >= 15 is 0 Å². The first-order valence-corrected chi connectivity index (χ1v) is 24.7. The standard InChI is InChI=1S/C54H75NO7/c1-7-22-54(61)24-21-43-40-15-11-34-27-37(56)14-16-39(34)49(40)41(31-52(43,54)4)33-9-12-36(13-10-33)55(6)25-26-62-38-20-23-51(3)35(28-38)29-46(57)50-44-18-17-42(32(2)8-19-48(59)60)53(44,5)47(58)30-45(50)51/h9-10,12-13,27,32,35,38,40-47,50,57-58,61H,8,11,14-21,23-26,28-31H2,1-6H3,(H,59,60)/t32-,35+,38+,40?,41+,42-,43?,44+,45+,46-,47+,50+,51+,52+,53-,54-/m1/s1. The number of aliphatic hydroxyl groups excluding tert-OH is 2. The zero-order valence-corrected chi connectivity index (χ0v) is 38.5. The van der Waals surface area contributed by atoms with Crippen LogP contribution in [0.5, 0.6) is 0 Å². The average Bonchev–Trinajstić information content (AvgIpc) is 3.73. The Kier molecular flexibility index (Phi) is 11.8. The average molecular weight is 850 g/mol. The van der Waals surface area contributed by atoms with Crippen LogP contribution in [0.2, 0.25) is 0 Å². The fraction of sp³-hybridized carbons (Fsp3) is 0.741. The fourth-order valence-corrected chi connectivity index (χ4v) is 16.6. The number of benzene rings is 1. The van der Waals surface area contributed by atoms with E-state index in [4.69, 9.17) is 4.74 Å². The third-order valence-corrected chi connectivity index (χ3v) is 20.0. The van der Waals surface area contributed by atoms with Crippen LogP contribution in [0.1, 0.15) is 149 Å². The number of allylic oxidation sites excluding steroid dienone is 4.